The molecule has 4 heteroatoms. The summed E-state index contributed by atoms with van der Waals surface area (Å²) in [6.45, 7) is 2.14. The molecule has 88 valence electrons. The highest BCUT2D eigenvalue weighted by atomic mass is 16.5. The minimum absolute atomic E-state index is 0.358. The highest BCUT2D eigenvalue weighted by molar-refractivity contribution is 5.88. The number of rotatable bonds is 4. The number of hydrogen-bond donors (Lipinski definition) is 1. The van der Waals surface area contributed by atoms with E-state index < -0.39 is 0 Å². The molecule has 4 nitrogen and oxygen atoms in total. The van der Waals surface area contributed by atoms with Crippen LogP contribution < -0.4 is 0 Å². The summed E-state index contributed by atoms with van der Waals surface area (Å²) in [5.74, 6) is -0.375. The van der Waals surface area contributed by atoms with Crippen molar-refractivity contribution in [2.24, 2.45) is 0 Å². The number of imidazole rings is 1. The Morgan fingerprint density at radius 2 is 2.12 bits per heavy atom. The first-order valence-electron chi connectivity index (χ1n) is 5.54. The quantitative estimate of drug-likeness (QED) is 0.819. The van der Waals surface area contributed by atoms with Crippen LogP contribution in [-0.4, -0.2) is 22.5 Å². The Balaban J connectivity index is 2.17. The lowest BCUT2D eigenvalue weighted by molar-refractivity contribution is 0.0519. The number of carbonyl (C=O) groups excluding carboxylic acids is 1. The average Bonchev–Trinajstić information content (AvgIpc) is 2.79. The predicted octanol–water partition coefficient (Wildman–Crippen LogP) is 2.18. The summed E-state index contributed by atoms with van der Waals surface area (Å²) in [5.41, 5.74) is 2.28. The van der Waals surface area contributed by atoms with Gasteiger partial charge >= 0.3 is 5.97 Å². The van der Waals surface area contributed by atoms with Gasteiger partial charge in [0.1, 0.15) is 0 Å². The molecule has 0 aliphatic carbocycles. The number of ether oxygens (including phenoxy) is 1. The summed E-state index contributed by atoms with van der Waals surface area (Å²) in [4.78, 5) is 18.6. The van der Waals surface area contributed by atoms with E-state index in [-0.39, 0.29) is 5.97 Å². The molecule has 0 saturated heterocycles. The van der Waals surface area contributed by atoms with Crippen LogP contribution in [0.5, 0.6) is 0 Å². The molecule has 1 N–H and O–H groups in total. The first kappa shape index (κ1) is 11.4. The largest absolute Gasteiger partial charge is 0.461 e. The van der Waals surface area contributed by atoms with E-state index in [9.17, 15) is 4.79 Å². The molecule has 0 amide bonds. The van der Waals surface area contributed by atoms with E-state index in [1.54, 1.807) is 6.92 Å². The molecule has 0 bridgehead atoms. The summed E-state index contributed by atoms with van der Waals surface area (Å²) < 4.78 is 4.94. The highest BCUT2D eigenvalue weighted by Gasteiger charge is 2.15. The molecule has 0 atom stereocenters. The standard InChI is InChI=1S/C13H14N2O2/c1-2-17-13(16)12-11(14-9-15-12)8-10-6-4-3-5-7-10/h3-7,9H,2,8H2,1H3,(H,14,15). The van der Waals surface area contributed by atoms with Gasteiger partial charge in [-0.3, -0.25) is 0 Å². The van der Waals surface area contributed by atoms with Gasteiger partial charge in [0, 0.05) is 6.42 Å². The van der Waals surface area contributed by atoms with Gasteiger partial charge in [-0.25, -0.2) is 9.78 Å². The highest BCUT2D eigenvalue weighted by Crippen LogP contribution is 2.11. The molecular formula is C13H14N2O2. The van der Waals surface area contributed by atoms with Gasteiger partial charge in [0.2, 0.25) is 0 Å². The van der Waals surface area contributed by atoms with Gasteiger partial charge in [-0.1, -0.05) is 30.3 Å². The number of H-pyrrole nitrogens is 1. The third-order valence-corrected chi connectivity index (χ3v) is 2.41. The summed E-state index contributed by atoms with van der Waals surface area (Å²) in [6.07, 6.45) is 2.17. The lowest BCUT2D eigenvalue weighted by Gasteiger charge is -2.02. The summed E-state index contributed by atoms with van der Waals surface area (Å²) in [5, 5.41) is 0. The molecule has 0 unspecified atom stereocenters. The minimum Gasteiger partial charge on any atom is -0.461 e. The maximum Gasteiger partial charge on any atom is 0.358 e. The lowest BCUT2D eigenvalue weighted by atomic mass is 10.1. The van der Waals surface area contributed by atoms with Crippen LogP contribution in [0.1, 0.15) is 28.7 Å². The molecule has 0 aliphatic rings. The van der Waals surface area contributed by atoms with Gasteiger partial charge in [-0.05, 0) is 12.5 Å². The minimum atomic E-state index is -0.375. The molecule has 17 heavy (non-hydrogen) atoms. The van der Waals surface area contributed by atoms with E-state index >= 15 is 0 Å². The summed E-state index contributed by atoms with van der Waals surface area (Å²) >= 11 is 0. The summed E-state index contributed by atoms with van der Waals surface area (Å²) in [7, 11) is 0. The van der Waals surface area contributed by atoms with E-state index in [1.165, 1.54) is 6.33 Å². The van der Waals surface area contributed by atoms with Gasteiger partial charge < -0.3 is 9.72 Å². The number of aromatic nitrogens is 2. The van der Waals surface area contributed by atoms with Crippen LogP contribution in [0.15, 0.2) is 36.7 Å². The van der Waals surface area contributed by atoms with Crippen LogP contribution in [0.3, 0.4) is 0 Å². The SMILES string of the molecule is CCOC(=O)c1nc[nH]c1Cc1ccccc1. The third-order valence-electron chi connectivity index (χ3n) is 2.41. The number of carbonyl (C=O) groups is 1. The Morgan fingerprint density at radius 3 is 2.82 bits per heavy atom. The first-order valence-corrected chi connectivity index (χ1v) is 5.54. The second-order valence-electron chi connectivity index (χ2n) is 3.61. The topological polar surface area (TPSA) is 55.0 Å². The Bertz CT molecular complexity index is 491. The van der Waals surface area contributed by atoms with E-state index in [0.29, 0.717) is 18.7 Å². The van der Waals surface area contributed by atoms with Gasteiger partial charge in [0.25, 0.3) is 0 Å². The molecule has 0 aliphatic heterocycles. The van der Waals surface area contributed by atoms with Crippen molar-refractivity contribution in [3.05, 3.63) is 53.6 Å². The predicted molar refractivity (Wildman–Crippen MR) is 63.8 cm³/mol. The molecule has 0 saturated carbocycles. The van der Waals surface area contributed by atoms with E-state index in [0.717, 1.165) is 11.3 Å². The summed E-state index contributed by atoms with van der Waals surface area (Å²) in [6, 6.07) is 9.92. The van der Waals surface area contributed by atoms with Crippen LogP contribution in [0.4, 0.5) is 0 Å². The van der Waals surface area contributed by atoms with Crippen molar-refractivity contribution in [2.45, 2.75) is 13.3 Å². The van der Waals surface area contributed by atoms with Crippen molar-refractivity contribution in [1.29, 1.82) is 0 Å². The van der Waals surface area contributed by atoms with Gasteiger partial charge in [0.05, 0.1) is 18.6 Å². The zero-order valence-electron chi connectivity index (χ0n) is 9.64. The maximum absolute atomic E-state index is 11.6. The monoisotopic (exact) mass is 230 g/mol. The van der Waals surface area contributed by atoms with Gasteiger partial charge in [0.15, 0.2) is 5.69 Å². The average molecular weight is 230 g/mol. The van der Waals surface area contributed by atoms with Crippen molar-refractivity contribution in [2.75, 3.05) is 6.61 Å². The Labute approximate surface area is 99.7 Å². The van der Waals surface area contributed by atoms with Crippen molar-refractivity contribution in [3.8, 4) is 0 Å². The van der Waals surface area contributed by atoms with Crippen LogP contribution >= 0.6 is 0 Å². The number of esters is 1. The van der Waals surface area contributed by atoms with Crippen LogP contribution in [-0.2, 0) is 11.2 Å². The van der Waals surface area contributed by atoms with Crippen molar-refractivity contribution < 1.29 is 9.53 Å². The van der Waals surface area contributed by atoms with Gasteiger partial charge in [-0.15, -0.1) is 0 Å². The molecule has 1 aromatic carbocycles. The fourth-order valence-corrected chi connectivity index (χ4v) is 1.63. The second-order valence-corrected chi connectivity index (χ2v) is 3.61. The number of hydrogen-bond acceptors (Lipinski definition) is 3. The smallest absolute Gasteiger partial charge is 0.358 e. The Morgan fingerprint density at radius 1 is 1.35 bits per heavy atom. The van der Waals surface area contributed by atoms with E-state index in [2.05, 4.69) is 9.97 Å². The molecule has 1 aromatic heterocycles. The molecule has 0 fully saturated rings. The molecular weight excluding hydrogens is 216 g/mol. The number of aromatic amines is 1. The molecule has 1 heterocycles. The molecule has 0 spiro atoms. The number of nitrogens with zero attached hydrogens (tertiary/aromatic N) is 1. The first-order chi connectivity index (χ1) is 8.31. The van der Waals surface area contributed by atoms with Crippen LogP contribution in [0.2, 0.25) is 0 Å². The van der Waals surface area contributed by atoms with Crippen LogP contribution in [0.25, 0.3) is 0 Å². The van der Waals surface area contributed by atoms with Crippen LogP contribution in [0, 0.1) is 0 Å². The third kappa shape index (κ3) is 2.72. The second kappa shape index (κ2) is 5.30. The van der Waals surface area contributed by atoms with Crippen molar-refractivity contribution in [3.63, 3.8) is 0 Å². The fourth-order valence-electron chi connectivity index (χ4n) is 1.63. The zero-order valence-corrected chi connectivity index (χ0v) is 9.64. The zero-order chi connectivity index (χ0) is 12.1. The van der Waals surface area contributed by atoms with Gasteiger partial charge in [-0.2, -0.15) is 0 Å². The van der Waals surface area contributed by atoms with Crippen molar-refractivity contribution >= 4 is 5.97 Å². The fraction of sp³-hybridized carbons (Fsp3) is 0.231. The lowest BCUT2D eigenvalue weighted by Crippen LogP contribution is -2.08. The van der Waals surface area contributed by atoms with E-state index in [4.69, 9.17) is 4.74 Å². The molecule has 2 aromatic rings. The normalized spacial score (nSPS) is 10.2. The maximum atomic E-state index is 11.6. The van der Waals surface area contributed by atoms with Crippen molar-refractivity contribution in [1.82, 2.24) is 9.97 Å². The number of nitrogens with one attached hydrogen (secondary N) is 1. The molecule has 2 rings (SSSR count). The number of benzene rings is 1. The Kier molecular flexibility index (Phi) is 3.55. The molecule has 0 radical (unpaired) electrons. The Hall–Kier alpha value is -2.10. The van der Waals surface area contributed by atoms with E-state index in [1.807, 2.05) is 30.3 Å².